The Morgan fingerprint density at radius 2 is 2.07 bits per heavy atom. The zero-order valence-electron chi connectivity index (χ0n) is 7.00. The van der Waals surface area contributed by atoms with E-state index in [4.69, 9.17) is 28.9 Å². The molecule has 5 heteroatoms. The monoisotopic (exact) mass is 244 g/mol. The Hall–Kier alpha value is -0.770. The standard InChI is InChI=1S/C9H6Cl2N2S/c10-5-1-2-6(7(11)3-5)9-13-8(12)4-14-9/h1-4H,12H2. The van der Waals surface area contributed by atoms with E-state index in [1.54, 1.807) is 17.5 Å². The zero-order valence-corrected chi connectivity index (χ0v) is 9.33. The van der Waals surface area contributed by atoms with E-state index >= 15 is 0 Å². The van der Waals surface area contributed by atoms with Gasteiger partial charge in [-0.3, -0.25) is 0 Å². The van der Waals surface area contributed by atoms with Gasteiger partial charge < -0.3 is 5.73 Å². The van der Waals surface area contributed by atoms with Gasteiger partial charge in [0.15, 0.2) is 0 Å². The van der Waals surface area contributed by atoms with Crippen LogP contribution in [0.15, 0.2) is 23.6 Å². The Kier molecular flexibility index (Phi) is 2.63. The number of benzene rings is 1. The smallest absolute Gasteiger partial charge is 0.135 e. The molecule has 0 radical (unpaired) electrons. The second-order valence-electron chi connectivity index (χ2n) is 2.70. The molecule has 14 heavy (non-hydrogen) atoms. The first-order valence-electron chi connectivity index (χ1n) is 3.83. The zero-order chi connectivity index (χ0) is 10.1. The van der Waals surface area contributed by atoms with Crippen LogP contribution < -0.4 is 5.73 Å². The summed E-state index contributed by atoms with van der Waals surface area (Å²) in [4.78, 5) is 4.14. The van der Waals surface area contributed by atoms with E-state index in [9.17, 15) is 0 Å². The van der Waals surface area contributed by atoms with Crippen molar-refractivity contribution in [3.8, 4) is 10.6 Å². The molecule has 0 aliphatic rings. The lowest BCUT2D eigenvalue weighted by atomic mass is 10.2. The van der Waals surface area contributed by atoms with Gasteiger partial charge in [-0.25, -0.2) is 4.98 Å². The minimum absolute atomic E-state index is 0.510. The summed E-state index contributed by atoms with van der Waals surface area (Å²) in [6, 6.07) is 5.30. The highest BCUT2D eigenvalue weighted by Gasteiger charge is 2.07. The van der Waals surface area contributed by atoms with Crippen LogP contribution in [0.25, 0.3) is 10.6 Å². The molecule has 0 fully saturated rings. The lowest BCUT2D eigenvalue weighted by Gasteiger charge is -1.99. The predicted molar refractivity (Wildman–Crippen MR) is 62.0 cm³/mol. The van der Waals surface area contributed by atoms with Gasteiger partial charge in [-0.2, -0.15) is 0 Å². The van der Waals surface area contributed by atoms with Crippen LogP contribution in [-0.4, -0.2) is 4.98 Å². The van der Waals surface area contributed by atoms with Crippen LogP contribution in [0.1, 0.15) is 0 Å². The summed E-state index contributed by atoms with van der Waals surface area (Å²) >= 11 is 13.3. The maximum atomic E-state index is 6.01. The molecule has 0 saturated heterocycles. The third-order valence-electron chi connectivity index (χ3n) is 1.68. The van der Waals surface area contributed by atoms with Crippen molar-refractivity contribution in [2.45, 2.75) is 0 Å². The fourth-order valence-electron chi connectivity index (χ4n) is 1.07. The van der Waals surface area contributed by atoms with E-state index in [0.29, 0.717) is 15.9 Å². The minimum Gasteiger partial charge on any atom is -0.383 e. The average Bonchev–Trinajstić information content (AvgIpc) is 2.51. The quantitative estimate of drug-likeness (QED) is 0.831. The van der Waals surface area contributed by atoms with Gasteiger partial charge in [-0.15, -0.1) is 11.3 Å². The molecule has 1 aromatic heterocycles. The van der Waals surface area contributed by atoms with Crippen molar-refractivity contribution in [3.63, 3.8) is 0 Å². The van der Waals surface area contributed by atoms with Gasteiger partial charge >= 0.3 is 0 Å². The molecule has 0 aliphatic carbocycles. The number of rotatable bonds is 1. The molecule has 0 unspecified atom stereocenters. The number of nitrogen functional groups attached to an aromatic ring is 1. The first-order chi connectivity index (χ1) is 6.66. The summed E-state index contributed by atoms with van der Waals surface area (Å²) in [7, 11) is 0. The van der Waals surface area contributed by atoms with Gasteiger partial charge in [0.1, 0.15) is 10.8 Å². The Bertz CT molecular complexity index is 468. The second-order valence-corrected chi connectivity index (χ2v) is 4.40. The van der Waals surface area contributed by atoms with Crippen molar-refractivity contribution in [2.24, 2.45) is 0 Å². The highest BCUT2D eigenvalue weighted by atomic mass is 35.5. The maximum Gasteiger partial charge on any atom is 0.135 e. The normalized spacial score (nSPS) is 10.4. The van der Waals surface area contributed by atoms with Crippen LogP contribution >= 0.6 is 34.5 Å². The largest absolute Gasteiger partial charge is 0.383 e. The van der Waals surface area contributed by atoms with Gasteiger partial charge in [-0.05, 0) is 18.2 Å². The number of nitrogens with two attached hydrogens (primary N) is 1. The van der Waals surface area contributed by atoms with E-state index in [-0.39, 0.29) is 0 Å². The van der Waals surface area contributed by atoms with E-state index in [0.717, 1.165) is 10.6 Å². The van der Waals surface area contributed by atoms with Crippen LogP contribution in [0.5, 0.6) is 0 Å². The van der Waals surface area contributed by atoms with E-state index < -0.39 is 0 Å². The Labute approximate surface area is 95.3 Å². The number of halogens is 2. The van der Waals surface area contributed by atoms with Crippen LogP contribution in [-0.2, 0) is 0 Å². The summed E-state index contributed by atoms with van der Waals surface area (Å²) in [6.45, 7) is 0. The predicted octanol–water partition coefficient (Wildman–Crippen LogP) is 3.70. The van der Waals surface area contributed by atoms with Crippen molar-refractivity contribution < 1.29 is 0 Å². The molecule has 0 atom stereocenters. The molecule has 2 aromatic rings. The first-order valence-corrected chi connectivity index (χ1v) is 5.47. The molecule has 0 bridgehead atoms. The molecular weight excluding hydrogens is 239 g/mol. The van der Waals surface area contributed by atoms with Crippen molar-refractivity contribution >= 4 is 40.4 Å². The maximum absolute atomic E-state index is 6.01. The third-order valence-corrected chi connectivity index (χ3v) is 3.13. The summed E-state index contributed by atoms with van der Waals surface area (Å²) < 4.78 is 0. The van der Waals surface area contributed by atoms with Crippen molar-refractivity contribution in [1.29, 1.82) is 0 Å². The fraction of sp³-hybridized carbons (Fsp3) is 0. The molecule has 0 aliphatic heterocycles. The minimum atomic E-state index is 0.510. The molecule has 2 rings (SSSR count). The van der Waals surface area contributed by atoms with Crippen molar-refractivity contribution in [3.05, 3.63) is 33.6 Å². The number of hydrogen-bond donors (Lipinski definition) is 1. The Morgan fingerprint density at radius 3 is 2.64 bits per heavy atom. The third kappa shape index (κ3) is 1.85. The first kappa shape index (κ1) is 9.77. The van der Waals surface area contributed by atoms with E-state index in [2.05, 4.69) is 4.98 Å². The Morgan fingerprint density at radius 1 is 1.29 bits per heavy atom. The highest BCUT2D eigenvalue weighted by Crippen LogP contribution is 2.32. The summed E-state index contributed by atoms with van der Waals surface area (Å²) in [5.41, 5.74) is 6.39. The molecular formula is C9H6Cl2N2S. The van der Waals surface area contributed by atoms with Gasteiger partial charge in [0.25, 0.3) is 0 Å². The molecule has 1 aromatic carbocycles. The van der Waals surface area contributed by atoms with Crippen LogP contribution in [0.3, 0.4) is 0 Å². The number of anilines is 1. The molecule has 2 N–H and O–H groups in total. The van der Waals surface area contributed by atoms with E-state index in [1.807, 2.05) is 6.07 Å². The summed E-state index contributed by atoms with van der Waals surface area (Å²) in [6.07, 6.45) is 0. The molecule has 2 nitrogen and oxygen atoms in total. The SMILES string of the molecule is Nc1csc(-c2ccc(Cl)cc2Cl)n1. The van der Waals surface area contributed by atoms with Crippen LogP contribution in [0.2, 0.25) is 10.0 Å². The molecule has 1 heterocycles. The van der Waals surface area contributed by atoms with Crippen molar-refractivity contribution in [2.75, 3.05) is 5.73 Å². The topological polar surface area (TPSA) is 38.9 Å². The molecule has 0 spiro atoms. The summed E-state index contributed by atoms with van der Waals surface area (Å²) in [5, 5.41) is 3.79. The lowest BCUT2D eigenvalue weighted by Crippen LogP contribution is -1.84. The molecule has 72 valence electrons. The number of aromatic nitrogens is 1. The summed E-state index contributed by atoms with van der Waals surface area (Å²) in [5.74, 6) is 0.510. The van der Waals surface area contributed by atoms with Gasteiger partial charge in [-0.1, -0.05) is 23.2 Å². The van der Waals surface area contributed by atoms with Crippen molar-refractivity contribution in [1.82, 2.24) is 4.98 Å². The van der Waals surface area contributed by atoms with Crippen LogP contribution in [0, 0.1) is 0 Å². The fourth-order valence-corrected chi connectivity index (χ4v) is 2.37. The highest BCUT2D eigenvalue weighted by molar-refractivity contribution is 7.13. The lowest BCUT2D eigenvalue weighted by molar-refractivity contribution is 1.42. The van der Waals surface area contributed by atoms with Gasteiger partial charge in [0, 0.05) is 16.0 Å². The molecule has 0 saturated carbocycles. The number of nitrogens with zero attached hydrogens (tertiary/aromatic N) is 1. The number of hydrogen-bond acceptors (Lipinski definition) is 3. The van der Waals surface area contributed by atoms with Gasteiger partial charge in [0.2, 0.25) is 0 Å². The Balaban J connectivity index is 2.52. The van der Waals surface area contributed by atoms with Gasteiger partial charge in [0.05, 0.1) is 5.02 Å². The second kappa shape index (κ2) is 3.77. The van der Waals surface area contributed by atoms with Crippen LogP contribution in [0.4, 0.5) is 5.82 Å². The average molecular weight is 245 g/mol. The van der Waals surface area contributed by atoms with E-state index in [1.165, 1.54) is 11.3 Å². The number of thiazole rings is 1. The molecule has 0 amide bonds.